The van der Waals surface area contributed by atoms with Crippen LogP contribution >= 0.6 is 0 Å². The quantitative estimate of drug-likeness (QED) is 0.656. The Hall–Kier alpha value is -3.61. The number of aromatic nitrogens is 2. The predicted octanol–water partition coefficient (Wildman–Crippen LogP) is 3.18. The van der Waals surface area contributed by atoms with Gasteiger partial charge in [-0.2, -0.15) is 5.10 Å². The zero-order valence-corrected chi connectivity index (χ0v) is 14.2. The van der Waals surface area contributed by atoms with E-state index in [0.29, 0.717) is 16.9 Å². The molecule has 0 radical (unpaired) electrons. The van der Waals surface area contributed by atoms with E-state index in [1.54, 1.807) is 30.3 Å². The summed E-state index contributed by atoms with van der Waals surface area (Å²) in [5.74, 6) is -0.950. The molecule has 3 aromatic rings. The van der Waals surface area contributed by atoms with Gasteiger partial charge in [-0.3, -0.25) is 14.4 Å². The molecule has 0 fully saturated rings. The van der Waals surface area contributed by atoms with E-state index in [2.05, 4.69) is 15.5 Å². The number of benzene rings is 2. The summed E-state index contributed by atoms with van der Waals surface area (Å²) in [6, 6.07) is 15.2. The molecule has 1 amide bonds. The number of amides is 1. The molecule has 0 saturated carbocycles. The summed E-state index contributed by atoms with van der Waals surface area (Å²) >= 11 is 0. The van der Waals surface area contributed by atoms with E-state index in [4.69, 9.17) is 0 Å². The largest absolute Gasteiger partial charge is 0.326 e. The molecule has 1 heterocycles. The van der Waals surface area contributed by atoms with Crippen molar-refractivity contribution < 1.29 is 14.0 Å². The lowest BCUT2D eigenvalue weighted by Gasteiger charge is -2.07. The first-order valence-corrected chi connectivity index (χ1v) is 8.26. The second-order valence-electron chi connectivity index (χ2n) is 5.87. The molecule has 3 rings (SSSR count). The molecule has 0 spiro atoms. The van der Waals surface area contributed by atoms with Gasteiger partial charge in [0.2, 0.25) is 5.91 Å². The van der Waals surface area contributed by atoms with Crippen molar-refractivity contribution in [3.05, 3.63) is 82.4 Å². The normalized spacial score (nSPS) is 10.4. The average Bonchev–Trinajstić information content (AvgIpc) is 2.67. The van der Waals surface area contributed by atoms with E-state index >= 15 is 0 Å². The second-order valence-corrected chi connectivity index (χ2v) is 5.87. The third-order valence-corrected chi connectivity index (χ3v) is 3.87. The Labute approximate surface area is 154 Å². The summed E-state index contributed by atoms with van der Waals surface area (Å²) in [6.45, 7) is 0. The van der Waals surface area contributed by atoms with Gasteiger partial charge in [0, 0.05) is 35.7 Å². The number of carbonyl (C=O) groups excluding carboxylic acids is 2. The molecule has 6 nitrogen and oxygen atoms in total. The van der Waals surface area contributed by atoms with Crippen LogP contribution in [0.3, 0.4) is 0 Å². The molecule has 27 heavy (non-hydrogen) atoms. The van der Waals surface area contributed by atoms with Crippen LogP contribution in [0.2, 0.25) is 0 Å². The van der Waals surface area contributed by atoms with Gasteiger partial charge in [0.1, 0.15) is 5.82 Å². The molecule has 0 unspecified atom stereocenters. The molecule has 2 aromatic carbocycles. The van der Waals surface area contributed by atoms with Crippen molar-refractivity contribution in [3.8, 4) is 11.3 Å². The van der Waals surface area contributed by atoms with Crippen LogP contribution in [-0.2, 0) is 4.79 Å². The Morgan fingerprint density at radius 2 is 1.78 bits per heavy atom. The van der Waals surface area contributed by atoms with Crippen molar-refractivity contribution in [2.75, 3.05) is 5.32 Å². The van der Waals surface area contributed by atoms with Crippen molar-refractivity contribution in [1.29, 1.82) is 0 Å². The standard InChI is InChI=1S/C20H16FN3O3/c21-15-6-4-13(5-7-15)18(25)9-11-19(26)22-16-3-1-2-14(12-16)17-8-10-20(27)24-23-17/h1-8,10,12H,9,11H2,(H,22,26)(H,24,27). The van der Waals surface area contributed by atoms with Gasteiger partial charge in [-0.15, -0.1) is 0 Å². The number of halogens is 1. The summed E-state index contributed by atoms with van der Waals surface area (Å²) in [6.07, 6.45) is 0.0377. The van der Waals surface area contributed by atoms with Crippen LogP contribution in [0, 0.1) is 5.82 Å². The zero-order valence-electron chi connectivity index (χ0n) is 14.2. The number of anilines is 1. The van der Waals surface area contributed by atoms with Crippen molar-refractivity contribution in [1.82, 2.24) is 10.2 Å². The minimum Gasteiger partial charge on any atom is -0.326 e. The number of hydrogen-bond donors (Lipinski definition) is 2. The summed E-state index contributed by atoms with van der Waals surface area (Å²) in [4.78, 5) is 35.2. The Morgan fingerprint density at radius 1 is 1.00 bits per heavy atom. The smallest absolute Gasteiger partial charge is 0.264 e. The number of ketones is 1. The minimum atomic E-state index is -0.416. The fourth-order valence-electron chi connectivity index (χ4n) is 2.49. The molecular formula is C20H16FN3O3. The molecule has 136 valence electrons. The van der Waals surface area contributed by atoms with Crippen LogP contribution in [0.25, 0.3) is 11.3 Å². The van der Waals surface area contributed by atoms with Gasteiger partial charge in [-0.05, 0) is 42.5 Å². The molecule has 2 N–H and O–H groups in total. The number of aromatic amines is 1. The molecule has 0 saturated heterocycles. The number of nitrogens with one attached hydrogen (secondary N) is 2. The maximum atomic E-state index is 12.9. The highest BCUT2D eigenvalue weighted by Gasteiger charge is 2.10. The van der Waals surface area contributed by atoms with Gasteiger partial charge in [0.25, 0.3) is 5.56 Å². The van der Waals surface area contributed by atoms with Gasteiger partial charge >= 0.3 is 0 Å². The Kier molecular flexibility index (Phi) is 5.51. The minimum absolute atomic E-state index is 0.0113. The summed E-state index contributed by atoms with van der Waals surface area (Å²) in [5.41, 5.74) is 1.92. The van der Waals surface area contributed by atoms with Crippen molar-refractivity contribution in [2.24, 2.45) is 0 Å². The maximum Gasteiger partial charge on any atom is 0.264 e. The second kappa shape index (κ2) is 8.18. The first-order chi connectivity index (χ1) is 13.0. The lowest BCUT2D eigenvalue weighted by Crippen LogP contribution is -2.13. The summed E-state index contributed by atoms with van der Waals surface area (Å²) < 4.78 is 12.9. The first kappa shape index (κ1) is 18.2. The predicted molar refractivity (Wildman–Crippen MR) is 98.9 cm³/mol. The molecule has 7 heteroatoms. The van der Waals surface area contributed by atoms with Gasteiger partial charge in [0.05, 0.1) is 5.69 Å². The SMILES string of the molecule is O=C(CCC(=O)c1ccc(F)cc1)Nc1cccc(-c2ccc(=O)[nH]n2)c1. The fraction of sp³-hybridized carbons (Fsp3) is 0.100. The number of H-pyrrole nitrogens is 1. The Bertz CT molecular complexity index is 1010. The monoisotopic (exact) mass is 365 g/mol. The van der Waals surface area contributed by atoms with E-state index in [1.807, 2.05) is 0 Å². The highest BCUT2D eigenvalue weighted by molar-refractivity contribution is 6.00. The van der Waals surface area contributed by atoms with Crippen molar-refractivity contribution in [3.63, 3.8) is 0 Å². The summed E-state index contributed by atoms with van der Waals surface area (Å²) in [5, 5.41) is 9.03. The molecule has 0 aliphatic carbocycles. The number of carbonyl (C=O) groups is 2. The van der Waals surface area contributed by atoms with E-state index < -0.39 is 5.82 Å². The van der Waals surface area contributed by atoms with Gasteiger partial charge in [-0.25, -0.2) is 9.49 Å². The molecular weight excluding hydrogens is 349 g/mol. The lowest BCUT2D eigenvalue weighted by atomic mass is 10.1. The Balaban J connectivity index is 1.60. The molecule has 0 aliphatic rings. The average molecular weight is 365 g/mol. The number of Topliss-reactive ketones (excluding diaryl/α,β-unsaturated/α-hetero) is 1. The summed E-state index contributed by atoms with van der Waals surface area (Å²) in [7, 11) is 0. The van der Waals surface area contributed by atoms with E-state index in [0.717, 1.165) is 5.56 Å². The Morgan fingerprint density at radius 3 is 2.48 bits per heavy atom. The van der Waals surface area contributed by atoms with E-state index in [1.165, 1.54) is 30.3 Å². The van der Waals surface area contributed by atoms with E-state index in [9.17, 15) is 18.8 Å². The molecule has 0 atom stereocenters. The molecule has 0 bridgehead atoms. The third-order valence-electron chi connectivity index (χ3n) is 3.87. The van der Waals surface area contributed by atoms with E-state index in [-0.39, 0.29) is 30.1 Å². The third kappa shape index (κ3) is 4.94. The highest BCUT2D eigenvalue weighted by Crippen LogP contribution is 2.20. The van der Waals surface area contributed by atoms with Crippen LogP contribution < -0.4 is 10.9 Å². The van der Waals surface area contributed by atoms with Crippen LogP contribution in [0.4, 0.5) is 10.1 Å². The molecule has 1 aromatic heterocycles. The number of nitrogens with zero attached hydrogens (tertiary/aromatic N) is 1. The zero-order chi connectivity index (χ0) is 19.2. The van der Waals surface area contributed by atoms with Gasteiger partial charge in [0.15, 0.2) is 5.78 Å². The van der Waals surface area contributed by atoms with Gasteiger partial charge < -0.3 is 5.32 Å². The van der Waals surface area contributed by atoms with Crippen molar-refractivity contribution >= 4 is 17.4 Å². The molecule has 0 aliphatic heterocycles. The van der Waals surface area contributed by atoms with Gasteiger partial charge in [-0.1, -0.05) is 12.1 Å². The highest BCUT2D eigenvalue weighted by atomic mass is 19.1. The lowest BCUT2D eigenvalue weighted by molar-refractivity contribution is -0.116. The topological polar surface area (TPSA) is 91.9 Å². The van der Waals surface area contributed by atoms with Crippen LogP contribution in [-0.4, -0.2) is 21.9 Å². The first-order valence-electron chi connectivity index (χ1n) is 8.26. The fourth-order valence-corrected chi connectivity index (χ4v) is 2.49. The number of rotatable bonds is 6. The van der Waals surface area contributed by atoms with Crippen LogP contribution in [0.5, 0.6) is 0 Å². The maximum absolute atomic E-state index is 12.9. The van der Waals surface area contributed by atoms with Crippen LogP contribution in [0.1, 0.15) is 23.2 Å². The van der Waals surface area contributed by atoms with Crippen molar-refractivity contribution in [2.45, 2.75) is 12.8 Å². The number of hydrogen-bond acceptors (Lipinski definition) is 4. The van der Waals surface area contributed by atoms with Crippen LogP contribution in [0.15, 0.2) is 65.5 Å².